The van der Waals surface area contributed by atoms with Crippen LogP contribution in [0, 0.1) is 5.92 Å². The van der Waals surface area contributed by atoms with Gasteiger partial charge in [0.05, 0.1) is 6.54 Å². The van der Waals surface area contributed by atoms with Gasteiger partial charge in [-0.15, -0.1) is 0 Å². The van der Waals surface area contributed by atoms with Gasteiger partial charge in [-0.1, -0.05) is 57.3 Å². The maximum absolute atomic E-state index is 6.48. The predicted octanol–water partition coefficient (Wildman–Crippen LogP) is 3.90. The molecular weight excluding hydrogens is 514 g/mol. The SMILES string of the molecule is C=C(/N=C(\C=C(/N)Nc1cc(C2CC2)[nH]n1)N1C[C@H]2C[C@@H]1CN2Cc1ccccc1)NC/C(=C/C(=C)C(C)C)ON. The molecule has 41 heavy (non-hydrogen) atoms. The number of H-pyrrole nitrogens is 1. The fraction of sp³-hybridized carbons (Fsp3) is 0.419. The Hall–Kier alpha value is -4.02. The molecule has 218 valence electrons. The molecule has 5 rings (SSSR count). The number of fused-ring (bicyclic) bond motifs is 2. The number of benzene rings is 1. The molecule has 0 amide bonds. The first-order valence-electron chi connectivity index (χ1n) is 14.4. The van der Waals surface area contributed by atoms with Crippen LogP contribution in [0.3, 0.4) is 0 Å². The van der Waals surface area contributed by atoms with Crippen molar-refractivity contribution in [3.8, 4) is 0 Å². The summed E-state index contributed by atoms with van der Waals surface area (Å²) in [4.78, 5) is 14.8. The van der Waals surface area contributed by atoms with Gasteiger partial charge < -0.3 is 26.1 Å². The van der Waals surface area contributed by atoms with Crippen molar-refractivity contribution >= 4 is 11.7 Å². The molecule has 0 radical (unpaired) electrons. The van der Waals surface area contributed by atoms with E-state index >= 15 is 0 Å². The highest BCUT2D eigenvalue weighted by Gasteiger charge is 2.44. The largest absolute Gasteiger partial charge is 0.414 e. The summed E-state index contributed by atoms with van der Waals surface area (Å²) in [7, 11) is 0. The number of piperazine rings is 1. The third kappa shape index (κ3) is 7.39. The molecule has 0 spiro atoms. The number of aromatic amines is 1. The lowest BCUT2D eigenvalue weighted by Gasteiger charge is -2.35. The van der Waals surface area contributed by atoms with Crippen LogP contribution in [-0.4, -0.2) is 57.6 Å². The summed E-state index contributed by atoms with van der Waals surface area (Å²) < 4.78 is 0. The van der Waals surface area contributed by atoms with Crippen LogP contribution in [0.1, 0.15) is 50.3 Å². The van der Waals surface area contributed by atoms with Crippen LogP contribution in [-0.2, 0) is 11.4 Å². The second kappa shape index (κ2) is 12.7. The van der Waals surface area contributed by atoms with Crippen molar-refractivity contribution in [3.05, 3.63) is 95.9 Å². The van der Waals surface area contributed by atoms with E-state index in [1.807, 2.05) is 18.2 Å². The summed E-state index contributed by atoms with van der Waals surface area (Å²) in [5.41, 5.74) is 9.89. The number of hydrogen-bond donors (Lipinski definition) is 5. The first kappa shape index (κ1) is 28.5. The number of likely N-dealkylation sites (tertiary alicyclic amines) is 2. The third-order valence-corrected chi connectivity index (χ3v) is 8.00. The minimum absolute atomic E-state index is 0.288. The minimum Gasteiger partial charge on any atom is -0.414 e. The van der Waals surface area contributed by atoms with Crippen molar-refractivity contribution in [3.63, 3.8) is 0 Å². The molecule has 2 aliphatic heterocycles. The van der Waals surface area contributed by atoms with Crippen molar-refractivity contribution in [1.82, 2.24) is 25.3 Å². The van der Waals surface area contributed by atoms with Gasteiger partial charge >= 0.3 is 0 Å². The van der Waals surface area contributed by atoms with Crippen LogP contribution in [0.5, 0.6) is 0 Å². The Morgan fingerprint density at radius 1 is 1.20 bits per heavy atom. The number of allylic oxidation sites excluding steroid dienone is 2. The Labute approximate surface area is 242 Å². The van der Waals surface area contributed by atoms with Gasteiger partial charge in [0.2, 0.25) is 0 Å². The van der Waals surface area contributed by atoms with E-state index in [1.54, 1.807) is 0 Å². The Morgan fingerprint density at radius 3 is 2.63 bits per heavy atom. The van der Waals surface area contributed by atoms with Gasteiger partial charge in [-0.05, 0) is 42.4 Å². The fourth-order valence-electron chi connectivity index (χ4n) is 5.42. The topological polar surface area (TPSA) is 133 Å². The van der Waals surface area contributed by atoms with Crippen LogP contribution in [0.15, 0.2) is 89.7 Å². The highest BCUT2D eigenvalue weighted by molar-refractivity contribution is 5.95. The molecule has 7 N–H and O–H groups in total. The number of nitrogens with zero attached hydrogens (tertiary/aromatic N) is 4. The van der Waals surface area contributed by atoms with Crippen LogP contribution >= 0.6 is 0 Å². The van der Waals surface area contributed by atoms with Crippen LogP contribution in [0.4, 0.5) is 5.82 Å². The summed E-state index contributed by atoms with van der Waals surface area (Å²) in [6.45, 7) is 15.5. The lowest BCUT2D eigenvalue weighted by molar-refractivity contribution is 0.169. The van der Waals surface area contributed by atoms with Crippen molar-refractivity contribution in [2.24, 2.45) is 22.5 Å². The normalized spacial score (nSPS) is 21.5. The van der Waals surface area contributed by atoms with Crippen molar-refractivity contribution < 1.29 is 4.84 Å². The molecule has 10 heteroatoms. The number of aliphatic imine (C=N–C) groups is 1. The van der Waals surface area contributed by atoms with E-state index in [0.717, 1.165) is 43.2 Å². The van der Waals surface area contributed by atoms with E-state index in [-0.39, 0.29) is 5.92 Å². The van der Waals surface area contributed by atoms with E-state index in [4.69, 9.17) is 21.5 Å². The molecule has 0 unspecified atom stereocenters. The monoisotopic (exact) mass is 557 g/mol. The van der Waals surface area contributed by atoms with Crippen LogP contribution in [0.25, 0.3) is 0 Å². The average Bonchev–Trinajstić information content (AvgIpc) is 3.37. The molecule has 1 aromatic heterocycles. The molecule has 2 bridgehead atoms. The molecule has 2 atom stereocenters. The quantitative estimate of drug-likeness (QED) is 0.0824. The Bertz CT molecular complexity index is 1320. The number of nitrogens with one attached hydrogen (secondary N) is 3. The molecule has 1 aliphatic carbocycles. The summed E-state index contributed by atoms with van der Waals surface area (Å²) in [5, 5.41) is 13.9. The average molecular weight is 558 g/mol. The molecule has 1 aromatic carbocycles. The first-order chi connectivity index (χ1) is 19.8. The zero-order valence-corrected chi connectivity index (χ0v) is 24.1. The van der Waals surface area contributed by atoms with Crippen LogP contribution in [0.2, 0.25) is 0 Å². The van der Waals surface area contributed by atoms with Gasteiger partial charge in [-0.25, -0.2) is 4.99 Å². The Morgan fingerprint density at radius 2 is 1.98 bits per heavy atom. The number of hydrogen-bond acceptors (Lipinski definition) is 8. The van der Waals surface area contributed by atoms with Gasteiger partial charge in [0, 0.05) is 55.5 Å². The fourth-order valence-corrected chi connectivity index (χ4v) is 5.42. The third-order valence-electron chi connectivity index (χ3n) is 8.00. The number of aromatic nitrogens is 2. The molecular formula is C31H43N9O. The lowest BCUT2D eigenvalue weighted by atomic mass is 10.0. The van der Waals surface area contributed by atoms with E-state index in [2.05, 4.69) is 88.0 Å². The van der Waals surface area contributed by atoms with Crippen LogP contribution < -0.4 is 22.3 Å². The molecule has 3 fully saturated rings. The molecule has 3 aliphatic rings. The lowest BCUT2D eigenvalue weighted by Crippen LogP contribution is -2.48. The van der Waals surface area contributed by atoms with Crippen molar-refractivity contribution in [2.45, 2.75) is 57.7 Å². The van der Waals surface area contributed by atoms with Gasteiger partial charge in [-0.3, -0.25) is 10.00 Å². The first-order valence-corrected chi connectivity index (χ1v) is 14.4. The summed E-state index contributed by atoms with van der Waals surface area (Å²) in [5.74, 6) is 9.35. The summed E-state index contributed by atoms with van der Waals surface area (Å²) >= 11 is 0. The second-order valence-electron chi connectivity index (χ2n) is 11.5. The van der Waals surface area contributed by atoms with Gasteiger partial charge in [0.25, 0.3) is 0 Å². The number of amidine groups is 1. The molecule has 3 heterocycles. The number of rotatable bonds is 13. The van der Waals surface area contributed by atoms with Crippen molar-refractivity contribution in [2.75, 3.05) is 25.0 Å². The molecule has 1 saturated carbocycles. The van der Waals surface area contributed by atoms with Crippen molar-refractivity contribution in [1.29, 1.82) is 0 Å². The predicted molar refractivity (Wildman–Crippen MR) is 164 cm³/mol. The maximum Gasteiger partial charge on any atom is 0.153 e. The minimum atomic E-state index is 0.288. The highest BCUT2D eigenvalue weighted by Crippen LogP contribution is 2.39. The number of nitrogens with two attached hydrogens (primary N) is 2. The zero-order chi connectivity index (χ0) is 28.9. The Balaban J connectivity index is 1.29. The zero-order valence-electron chi connectivity index (χ0n) is 24.1. The van der Waals surface area contributed by atoms with Gasteiger partial charge in [0.1, 0.15) is 23.2 Å². The standard InChI is InChI=1S/C31H43N9O/c1-20(2)21(3)12-27(41-33)16-34-22(4)35-31(15-29(32)36-30-14-28(37-38-30)24-10-11-24)40-19-25-13-26(40)18-39(25)17-23-8-6-5-7-9-23/h5-9,12,14-15,20,24-26,34H,3-4,10-11,13,16-19,32-33H2,1-2H3,(H2,36,37,38)/b27-12-,29-15+,35-31+/t25-,26-/m1/s1. The van der Waals surface area contributed by atoms with E-state index < -0.39 is 0 Å². The summed E-state index contributed by atoms with van der Waals surface area (Å²) in [6, 6.07) is 13.5. The van der Waals surface area contributed by atoms with Gasteiger partial charge in [0.15, 0.2) is 5.82 Å². The van der Waals surface area contributed by atoms with E-state index in [1.165, 1.54) is 18.4 Å². The molecule has 10 nitrogen and oxygen atoms in total. The maximum atomic E-state index is 6.48. The second-order valence-corrected chi connectivity index (χ2v) is 11.5. The van der Waals surface area contributed by atoms with E-state index in [9.17, 15) is 0 Å². The Kier molecular flexibility index (Phi) is 8.80. The highest BCUT2D eigenvalue weighted by atomic mass is 16.6. The number of anilines is 1. The van der Waals surface area contributed by atoms with Gasteiger partial charge in [-0.2, -0.15) is 11.0 Å². The smallest absolute Gasteiger partial charge is 0.153 e. The van der Waals surface area contributed by atoms with E-state index in [0.29, 0.717) is 47.8 Å². The molecule has 2 aromatic rings. The molecule has 2 saturated heterocycles. The summed E-state index contributed by atoms with van der Waals surface area (Å²) in [6.07, 6.45) is 7.21.